The first-order valence-electron chi connectivity index (χ1n) is 5.29. The number of benzene rings is 1. The summed E-state index contributed by atoms with van der Waals surface area (Å²) in [5, 5.41) is 11.4. The molecule has 0 unspecified atom stereocenters. The minimum absolute atomic E-state index is 0.119. The second-order valence-corrected chi connectivity index (χ2v) is 4.14. The van der Waals surface area contributed by atoms with Gasteiger partial charge in [-0.25, -0.2) is 0 Å². The Morgan fingerprint density at radius 1 is 1.25 bits per heavy atom. The standard InChI is InChI=1S/C12H10N2O2/c15-14(16)10-4-6-12-9(7-10)3-5-11(13-12)8-1-2-8/h3-8H,1-2H2. The van der Waals surface area contributed by atoms with Crippen molar-refractivity contribution in [3.8, 4) is 0 Å². The van der Waals surface area contributed by atoms with Crippen LogP contribution >= 0.6 is 0 Å². The number of aromatic nitrogens is 1. The van der Waals surface area contributed by atoms with Gasteiger partial charge in [0.15, 0.2) is 0 Å². The quantitative estimate of drug-likeness (QED) is 0.570. The van der Waals surface area contributed by atoms with E-state index < -0.39 is 0 Å². The Morgan fingerprint density at radius 2 is 2.06 bits per heavy atom. The highest BCUT2D eigenvalue weighted by Gasteiger charge is 2.24. The van der Waals surface area contributed by atoms with Crippen molar-refractivity contribution in [2.24, 2.45) is 0 Å². The third kappa shape index (κ3) is 1.52. The maximum Gasteiger partial charge on any atom is 0.270 e. The van der Waals surface area contributed by atoms with Crippen LogP contribution in [0.4, 0.5) is 5.69 Å². The van der Waals surface area contributed by atoms with Gasteiger partial charge in [0.05, 0.1) is 10.4 Å². The molecule has 0 radical (unpaired) electrons. The van der Waals surface area contributed by atoms with Crippen LogP contribution in [-0.4, -0.2) is 9.91 Å². The van der Waals surface area contributed by atoms with E-state index in [1.807, 2.05) is 12.1 Å². The fraction of sp³-hybridized carbons (Fsp3) is 0.250. The first-order chi connectivity index (χ1) is 7.74. The first kappa shape index (κ1) is 9.27. The highest BCUT2D eigenvalue weighted by molar-refractivity contribution is 5.81. The number of fused-ring (bicyclic) bond motifs is 1. The number of rotatable bonds is 2. The van der Waals surface area contributed by atoms with E-state index in [1.165, 1.54) is 18.9 Å². The SMILES string of the molecule is O=[N+]([O-])c1ccc2nc(C3CC3)ccc2c1. The van der Waals surface area contributed by atoms with E-state index in [0.29, 0.717) is 5.92 Å². The molecule has 0 aliphatic heterocycles. The summed E-state index contributed by atoms with van der Waals surface area (Å²) in [7, 11) is 0. The summed E-state index contributed by atoms with van der Waals surface area (Å²) < 4.78 is 0. The number of hydrogen-bond acceptors (Lipinski definition) is 3. The molecule has 4 heteroatoms. The molecule has 1 aromatic carbocycles. The summed E-state index contributed by atoms with van der Waals surface area (Å²) in [5.41, 5.74) is 2.07. The minimum atomic E-state index is -0.381. The van der Waals surface area contributed by atoms with Crippen molar-refractivity contribution in [1.29, 1.82) is 0 Å². The van der Waals surface area contributed by atoms with Crippen LogP contribution in [0, 0.1) is 10.1 Å². The zero-order valence-corrected chi connectivity index (χ0v) is 8.59. The molecular weight excluding hydrogens is 204 g/mol. The van der Waals surface area contributed by atoms with Crippen molar-refractivity contribution in [3.63, 3.8) is 0 Å². The highest BCUT2D eigenvalue weighted by Crippen LogP contribution is 2.39. The van der Waals surface area contributed by atoms with Gasteiger partial charge in [-0.05, 0) is 25.0 Å². The van der Waals surface area contributed by atoms with Crippen LogP contribution in [0.2, 0.25) is 0 Å². The second-order valence-electron chi connectivity index (χ2n) is 4.14. The van der Waals surface area contributed by atoms with Crippen LogP contribution < -0.4 is 0 Å². The summed E-state index contributed by atoms with van der Waals surface area (Å²) in [5.74, 6) is 0.611. The van der Waals surface area contributed by atoms with Gasteiger partial charge in [0.1, 0.15) is 0 Å². The fourth-order valence-corrected chi connectivity index (χ4v) is 1.85. The van der Waals surface area contributed by atoms with Gasteiger partial charge in [-0.15, -0.1) is 0 Å². The van der Waals surface area contributed by atoms with Gasteiger partial charge in [-0.1, -0.05) is 6.07 Å². The van der Waals surface area contributed by atoms with Crippen molar-refractivity contribution >= 4 is 16.6 Å². The normalized spacial score (nSPS) is 15.2. The topological polar surface area (TPSA) is 56.0 Å². The van der Waals surface area contributed by atoms with Gasteiger partial charge in [-0.2, -0.15) is 0 Å². The average Bonchev–Trinajstić information content (AvgIpc) is 3.11. The molecule has 0 bridgehead atoms. The van der Waals surface area contributed by atoms with Gasteiger partial charge in [0.2, 0.25) is 0 Å². The smallest absolute Gasteiger partial charge is 0.258 e. The van der Waals surface area contributed by atoms with E-state index in [2.05, 4.69) is 4.98 Å². The molecule has 1 heterocycles. The molecule has 1 aromatic heterocycles. The van der Waals surface area contributed by atoms with Crippen LogP contribution in [0.1, 0.15) is 24.5 Å². The zero-order chi connectivity index (χ0) is 11.1. The number of pyridine rings is 1. The van der Waals surface area contributed by atoms with E-state index >= 15 is 0 Å². The van der Waals surface area contributed by atoms with Gasteiger partial charge in [0.25, 0.3) is 5.69 Å². The molecular formula is C12H10N2O2. The van der Waals surface area contributed by atoms with E-state index in [4.69, 9.17) is 0 Å². The van der Waals surface area contributed by atoms with Gasteiger partial charge in [0, 0.05) is 29.1 Å². The molecule has 1 saturated carbocycles. The lowest BCUT2D eigenvalue weighted by Crippen LogP contribution is -1.90. The van der Waals surface area contributed by atoms with Crippen molar-refractivity contribution in [2.75, 3.05) is 0 Å². The Bertz CT molecular complexity index is 576. The molecule has 0 saturated heterocycles. The predicted octanol–water partition coefficient (Wildman–Crippen LogP) is 3.02. The van der Waals surface area contributed by atoms with Crippen LogP contribution in [0.3, 0.4) is 0 Å². The molecule has 1 aliphatic carbocycles. The van der Waals surface area contributed by atoms with E-state index in [0.717, 1.165) is 16.6 Å². The van der Waals surface area contributed by atoms with E-state index in [-0.39, 0.29) is 10.6 Å². The monoisotopic (exact) mass is 214 g/mol. The number of nitro groups is 1. The summed E-state index contributed by atoms with van der Waals surface area (Å²) in [4.78, 5) is 14.7. The highest BCUT2D eigenvalue weighted by atomic mass is 16.6. The van der Waals surface area contributed by atoms with Crippen LogP contribution in [0.25, 0.3) is 10.9 Å². The Hall–Kier alpha value is -1.97. The molecule has 16 heavy (non-hydrogen) atoms. The van der Waals surface area contributed by atoms with Gasteiger partial charge >= 0.3 is 0 Å². The third-order valence-electron chi connectivity index (χ3n) is 2.90. The average molecular weight is 214 g/mol. The number of nitrogens with zero attached hydrogens (tertiary/aromatic N) is 2. The predicted molar refractivity (Wildman–Crippen MR) is 60.4 cm³/mol. The molecule has 0 atom stereocenters. The molecule has 1 fully saturated rings. The van der Waals surface area contributed by atoms with E-state index in [1.54, 1.807) is 12.1 Å². The lowest BCUT2D eigenvalue weighted by Gasteiger charge is -2.00. The Labute approximate surface area is 92.1 Å². The summed E-state index contributed by atoms with van der Waals surface area (Å²) >= 11 is 0. The molecule has 1 aliphatic rings. The van der Waals surface area contributed by atoms with Gasteiger partial charge < -0.3 is 0 Å². The lowest BCUT2D eigenvalue weighted by atomic mass is 10.1. The number of nitro benzene ring substituents is 1. The third-order valence-corrected chi connectivity index (χ3v) is 2.90. The first-order valence-corrected chi connectivity index (χ1v) is 5.29. The molecule has 80 valence electrons. The molecule has 0 N–H and O–H groups in total. The van der Waals surface area contributed by atoms with Crippen LogP contribution in [0.5, 0.6) is 0 Å². The Balaban J connectivity index is 2.12. The number of hydrogen-bond donors (Lipinski definition) is 0. The maximum atomic E-state index is 10.6. The molecule has 4 nitrogen and oxygen atoms in total. The molecule has 2 aromatic rings. The van der Waals surface area contributed by atoms with Crippen LogP contribution in [-0.2, 0) is 0 Å². The summed E-state index contributed by atoms with van der Waals surface area (Å²) in [6.45, 7) is 0. The summed E-state index contributed by atoms with van der Waals surface area (Å²) in [6, 6.07) is 8.69. The zero-order valence-electron chi connectivity index (χ0n) is 8.59. The number of non-ortho nitro benzene ring substituents is 1. The van der Waals surface area contributed by atoms with Gasteiger partial charge in [-0.3, -0.25) is 15.1 Å². The Kier molecular flexibility index (Phi) is 1.89. The van der Waals surface area contributed by atoms with Crippen molar-refractivity contribution < 1.29 is 4.92 Å². The summed E-state index contributed by atoms with van der Waals surface area (Å²) in [6.07, 6.45) is 2.43. The maximum absolute atomic E-state index is 10.6. The van der Waals surface area contributed by atoms with Crippen molar-refractivity contribution in [3.05, 3.63) is 46.1 Å². The second kappa shape index (κ2) is 3.27. The largest absolute Gasteiger partial charge is 0.270 e. The van der Waals surface area contributed by atoms with E-state index in [9.17, 15) is 10.1 Å². The van der Waals surface area contributed by atoms with Crippen molar-refractivity contribution in [2.45, 2.75) is 18.8 Å². The Morgan fingerprint density at radius 3 is 2.75 bits per heavy atom. The van der Waals surface area contributed by atoms with Crippen molar-refractivity contribution in [1.82, 2.24) is 4.98 Å². The fourth-order valence-electron chi connectivity index (χ4n) is 1.85. The van der Waals surface area contributed by atoms with Crippen LogP contribution in [0.15, 0.2) is 30.3 Å². The minimum Gasteiger partial charge on any atom is -0.258 e. The molecule has 0 spiro atoms. The molecule has 3 rings (SSSR count). The lowest BCUT2D eigenvalue weighted by molar-refractivity contribution is -0.384. The molecule has 0 amide bonds.